The first kappa shape index (κ1) is 15.3. The number of hydrogen-bond donors (Lipinski definition) is 1. The van der Waals surface area contributed by atoms with Crippen LogP contribution in [0.4, 0.5) is 5.69 Å². The molecule has 3 nitrogen and oxygen atoms in total. The maximum Gasteiger partial charge on any atom is 0.0415 e. The molecule has 112 valence electrons. The molecule has 0 saturated carbocycles. The molecule has 3 heteroatoms. The van der Waals surface area contributed by atoms with Crippen LogP contribution >= 0.6 is 0 Å². The van der Waals surface area contributed by atoms with E-state index in [2.05, 4.69) is 74.2 Å². The van der Waals surface area contributed by atoms with Crippen molar-refractivity contribution in [3.8, 4) is 0 Å². The highest BCUT2D eigenvalue weighted by atomic mass is 15.2. The summed E-state index contributed by atoms with van der Waals surface area (Å²) in [6.07, 6.45) is 0. The van der Waals surface area contributed by atoms with Crippen molar-refractivity contribution in [1.29, 1.82) is 0 Å². The topological polar surface area (TPSA) is 18.5 Å². The highest BCUT2D eigenvalue weighted by molar-refractivity contribution is 5.56. The summed E-state index contributed by atoms with van der Waals surface area (Å²) >= 11 is 0. The molecule has 0 aliphatic carbocycles. The van der Waals surface area contributed by atoms with Crippen molar-refractivity contribution >= 4 is 5.69 Å². The van der Waals surface area contributed by atoms with Gasteiger partial charge in [-0.15, -0.1) is 0 Å². The minimum atomic E-state index is 0.407. The quantitative estimate of drug-likeness (QED) is 0.891. The zero-order chi connectivity index (χ0) is 14.7. The van der Waals surface area contributed by atoms with E-state index in [9.17, 15) is 0 Å². The third kappa shape index (κ3) is 3.15. The van der Waals surface area contributed by atoms with Crippen molar-refractivity contribution in [1.82, 2.24) is 10.2 Å². The Balaban J connectivity index is 2.21. The van der Waals surface area contributed by atoms with E-state index in [0.717, 1.165) is 19.6 Å². The van der Waals surface area contributed by atoms with E-state index in [1.165, 1.54) is 11.3 Å². The summed E-state index contributed by atoms with van der Waals surface area (Å²) in [4.78, 5) is 4.92. The molecule has 0 radical (unpaired) electrons. The molecule has 1 aromatic rings. The van der Waals surface area contributed by atoms with Crippen LogP contribution in [0.2, 0.25) is 0 Å². The van der Waals surface area contributed by atoms with E-state index in [0.29, 0.717) is 18.0 Å². The first-order valence-corrected chi connectivity index (χ1v) is 7.78. The summed E-state index contributed by atoms with van der Waals surface area (Å²) in [5.41, 5.74) is 2.82. The fourth-order valence-corrected chi connectivity index (χ4v) is 3.38. The number of para-hydroxylation sites is 1. The number of nitrogens with zero attached hydrogens (tertiary/aromatic N) is 2. The molecule has 0 bridgehead atoms. The van der Waals surface area contributed by atoms with Crippen molar-refractivity contribution in [3.63, 3.8) is 0 Å². The van der Waals surface area contributed by atoms with E-state index >= 15 is 0 Å². The lowest BCUT2D eigenvalue weighted by molar-refractivity contribution is 0.266. The molecule has 1 heterocycles. The van der Waals surface area contributed by atoms with Gasteiger partial charge in [0.25, 0.3) is 0 Å². The third-order valence-electron chi connectivity index (χ3n) is 4.49. The molecule has 0 spiro atoms. The normalized spacial score (nSPS) is 24.4. The highest BCUT2D eigenvalue weighted by Crippen LogP contribution is 2.31. The van der Waals surface area contributed by atoms with Crippen LogP contribution in [0.1, 0.15) is 32.4 Å². The first-order valence-electron chi connectivity index (χ1n) is 7.78. The summed E-state index contributed by atoms with van der Waals surface area (Å²) in [7, 11) is 4.38. The second kappa shape index (κ2) is 6.59. The van der Waals surface area contributed by atoms with Gasteiger partial charge in [0.2, 0.25) is 0 Å². The molecular formula is C17H29N3. The molecule has 2 rings (SSSR count). The van der Waals surface area contributed by atoms with Crippen molar-refractivity contribution in [2.75, 3.05) is 38.6 Å². The lowest BCUT2D eigenvalue weighted by Crippen LogP contribution is -2.34. The van der Waals surface area contributed by atoms with Crippen molar-refractivity contribution < 1.29 is 0 Å². The summed E-state index contributed by atoms with van der Waals surface area (Å²) in [5.74, 6) is 0.715. The van der Waals surface area contributed by atoms with Gasteiger partial charge in [-0.1, -0.05) is 32.0 Å². The Labute approximate surface area is 124 Å². The molecule has 1 N–H and O–H groups in total. The van der Waals surface area contributed by atoms with Crippen LogP contribution in [-0.4, -0.2) is 44.7 Å². The molecule has 1 fully saturated rings. The van der Waals surface area contributed by atoms with E-state index in [-0.39, 0.29) is 0 Å². The Bertz CT molecular complexity index is 430. The number of likely N-dealkylation sites (N-methyl/N-ethyl adjacent to an activating group) is 1. The molecule has 1 aliphatic heterocycles. The maximum absolute atomic E-state index is 3.53. The average molecular weight is 275 g/mol. The lowest BCUT2D eigenvalue weighted by atomic mass is 10.1. The molecule has 3 atom stereocenters. The predicted molar refractivity (Wildman–Crippen MR) is 87.4 cm³/mol. The lowest BCUT2D eigenvalue weighted by Gasteiger charge is -2.26. The van der Waals surface area contributed by atoms with Gasteiger partial charge in [0.05, 0.1) is 0 Å². The van der Waals surface area contributed by atoms with Crippen LogP contribution in [0.25, 0.3) is 0 Å². The largest absolute Gasteiger partial charge is 0.369 e. The monoisotopic (exact) mass is 275 g/mol. The van der Waals surface area contributed by atoms with E-state index in [1.807, 2.05) is 0 Å². The van der Waals surface area contributed by atoms with E-state index in [1.54, 1.807) is 0 Å². The number of hydrogen-bond acceptors (Lipinski definition) is 3. The summed E-state index contributed by atoms with van der Waals surface area (Å²) < 4.78 is 0. The van der Waals surface area contributed by atoms with Crippen LogP contribution in [0.15, 0.2) is 24.3 Å². The Morgan fingerprint density at radius 1 is 1.30 bits per heavy atom. The molecular weight excluding hydrogens is 246 g/mol. The van der Waals surface area contributed by atoms with Crippen molar-refractivity contribution in [2.24, 2.45) is 5.92 Å². The minimum absolute atomic E-state index is 0.407. The summed E-state index contributed by atoms with van der Waals surface area (Å²) in [6.45, 7) is 10.1. The fraction of sp³-hybridized carbons (Fsp3) is 0.647. The Morgan fingerprint density at radius 2 is 2.00 bits per heavy atom. The second-order valence-electron chi connectivity index (χ2n) is 6.25. The molecule has 20 heavy (non-hydrogen) atoms. The Kier molecular flexibility index (Phi) is 5.06. The summed E-state index contributed by atoms with van der Waals surface area (Å²) in [5, 5.41) is 3.53. The Hall–Kier alpha value is -1.06. The van der Waals surface area contributed by atoms with Crippen LogP contribution in [0, 0.1) is 5.92 Å². The molecule has 1 saturated heterocycles. The number of benzene rings is 1. The van der Waals surface area contributed by atoms with Gasteiger partial charge in [-0.05, 0) is 45.1 Å². The van der Waals surface area contributed by atoms with Crippen LogP contribution in [0.3, 0.4) is 0 Å². The number of nitrogens with one attached hydrogen (secondary N) is 1. The van der Waals surface area contributed by atoms with Gasteiger partial charge in [-0.2, -0.15) is 0 Å². The van der Waals surface area contributed by atoms with Crippen molar-refractivity contribution in [3.05, 3.63) is 29.8 Å². The van der Waals surface area contributed by atoms with Gasteiger partial charge in [0, 0.05) is 30.9 Å². The Morgan fingerprint density at radius 3 is 2.60 bits per heavy atom. The maximum atomic E-state index is 3.53. The smallest absolute Gasteiger partial charge is 0.0415 e. The van der Waals surface area contributed by atoms with Crippen LogP contribution in [-0.2, 0) is 0 Å². The van der Waals surface area contributed by atoms with E-state index in [4.69, 9.17) is 0 Å². The molecule has 3 unspecified atom stereocenters. The molecule has 1 aromatic carbocycles. The predicted octanol–water partition coefficient (Wildman–Crippen LogP) is 2.74. The van der Waals surface area contributed by atoms with Gasteiger partial charge >= 0.3 is 0 Å². The van der Waals surface area contributed by atoms with Gasteiger partial charge in [0.15, 0.2) is 0 Å². The average Bonchev–Trinajstić information content (AvgIpc) is 2.81. The second-order valence-corrected chi connectivity index (χ2v) is 6.25. The van der Waals surface area contributed by atoms with Crippen LogP contribution in [0.5, 0.6) is 0 Å². The van der Waals surface area contributed by atoms with Crippen molar-refractivity contribution in [2.45, 2.75) is 32.9 Å². The van der Waals surface area contributed by atoms with E-state index < -0.39 is 0 Å². The SMILES string of the molecule is CCNC(C)c1ccccc1N1CC(C)C(N(C)C)C1. The van der Waals surface area contributed by atoms with Gasteiger partial charge < -0.3 is 15.1 Å². The third-order valence-corrected chi connectivity index (χ3v) is 4.49. The fourth-order valence-electron chi connectivity index (χ4n) is 3.38. The van der Waals surface area contributed by atoms with Gasteiger partial charge in [0.1, 0.15) is 0 Å². The number of anilines is 1. The van der Waals surface area contributed by atoms with Gasteiger partial charge in [-0.25, -0.2) is 0 Å². The zero-order valence-corrected chi connectivity index (χ0v) is 13.6. The zero-order valence-electron chi connectivity index (χ0n) is 13.6. The molecule has 0 aromatic heterocycles. The van der Waals surface area contributed by atoms with Crippen LogP contribution < -0.4 is 10.2 Å². The highest BCUT2D eigenvalue weighted by Gasteiger charge is 2.32. The standard InChI is InChI=1S/C17H29N3/c1-6-18-14(3)15-9-7-8-10-16(15)20-11-13(2)17(12-20)19(4)5/h7-10,13-14,17-18H,6,11-12H2,1-5H3. The molecule has 1 aliphatic rings. The van der Waals surface area contributed by atoms with Gasteiger partial charge in [-0.3, -0.25) is 0 Å². The minimum Gasteiger partial charge on any atom is -0.369 e. The number of rotatable bonds is 5. The summed E-state index contributed by atoms with van der Waals surface area (Å²) in [6, 6.07) is 9.90. The first-order chi connectivity index (χ1) is 9.54. The molecule has 0 amide bonds.